The monoisotopic (exact) mass is 264 g/mol. The summed E-state index contributed by atoms with van der Waals surface area (Å²) in [5, 5.41) is 9.48. The van der Waals surface area contributed by atoms with Gasteiger partial charge in [-0.15, -0.1) is 0 Å². The van der Waals surface area contributed by atoms with E-state index >= 15 is 0 Å². The van der Waals surface area contributed by atoms with Crippen LogP contribution in [0.3, 0.4) is 0 Å². The summed E-state index contributed by atoms with van der Waals surface area (Å²) in [4.78, 5) is 15.8. The molecule has 104 valence electrons. The van der Waals surface area contributed by atoms with Gasteiger partial charge in [0.15, 0.2) is 0 Å². The molecule has 0 radical (unpaired) electrons. The number of piperazine rings is 1. The van der Waals surface area contributed by atoms with Crippen molar-refractivity contribution >= 4 is 11.7 Å². The molecule has 0 aromatic heterocycles. The summed E-state index contributed by atoms with van der Waals surface area (Å²) in [6.45, 7) is 2.81. The molecule has 1 aliphatic rings. The number of aliphatic hydroxyl groups excluding tert-OH is 1. The van der Waals surface area contributed by atoms with Crippen LogP contribution in [-0.4, -0.2) is 62.4 Å². The second-order valence-electron chi connectivity index (χ2n) is 4.83. The van der Waals surface area contributed by atoms with E-state index in [2.05, 4.69) is 21.6 Å². The Labute approximate surface area is 113 Å². The highest BCUT2D eigenvalue weighted by Gasteiger charge is 2.24. The number of likely N-dealkylation sites (N-methyl/N-ethyl adjacent to an activating group) is 1. The number of nitrogens with zero attached hydrogens (tertiary/aromatic N) is 2. The number of anilines is 1. The van der Waals surface area contributed by atoms with Crippen LogP contribution in [0.5, 0.6) is 0 Å². The van der Waals surface area contributed by atoms with Gasteiger partial charge in [0.2, 0.25) is 0 Å². The molecule has 0 bridgehead atoms. The highest BCUT2D eigenvalue weighted by Crippen LogP contribution is 2.21. The number of aliphatic hydroxyl groups is 1. The van der Waals surface area contributed by atoms with Crippen LogP contribution in [0.15, 0.2) is 24.3 Å². The lowest BCUT2D eigenvalue weighted by atomic mass is 10.1. The fourth-order valence-corrected chi connectivity index (χ4v) is 2.41. The average Bonchev–Trinajstić information content (AvgIpc) is 2.46. The first-order valence-electron chi connectivity index (χ1n) is 6.40. The van der Waals surface area contributed by atoms with Crippen LogP contribution < -0.4 is 4.90 Å². The van der Waals surface area contributed by atoms with Gasteiger partial charge in [0, 0.05) is 25.3 Å². The molecule has 19 heavy (non-hydrogen) atoms. The number of ether oxygens (including phenoxy) is 1. The van der Waals surface area contributed by atoms with Crippen molar-refractivity contribution in [3.8, 4) is 0 Å². The van der Waals surface area contributed by atoms with Crippen LogP contribution in [0.4, 0.5) is 5.69 Å². The van der Waals surface area contributed by atoms with Crippen LogP contribution >= 0.6 is 0 Å². The molecular formula is C14H20N2O3. The van der Waals surface area contributed by atoms with E-state index in [0.717, 1.165) is 25.3 Å². The Bertz CT molecular complexity index is 433. The lowest BCUT2D eigenvalue weighted by Gasteiger charge is -2.40. The molecule has 0 saturated carbocycles. The molecule has 0 amide bonds. The molecule has 1 aromatic carbocycles. The van der Waals surface area contributed by atoms with Crippen LogP contribution in [0.1, 0.15) is 10.4 Å². The number of carbonyl (C=O) groups is 1. The molecule has 1 saturated heterocycles. The minimum absolute atomic E-state index is 0.0997. The first-order chi connectivity index (χ1) is 9.15. The molecule has 5 nitrogen and oxygen atoms in total. The van der Waals surface area contributed by atoms with E-state index < -0.39 is 0 Å². The van der Waals surface area contributed by atoms with Crippen molar-refractivity contribution in [1.29, 1.82) is 0 Å². The number of methoxy groups -OCH3 is 1. The predicted molar refractivity (Wildman–Crippen MR) is 73.5 cm³/mol. The van der Waals surface area contributed by atoms with Crippen molar-refractivity contribution < 1.29 is 14.6 Å². The predicted octanol–water partition coefficient (Wildman–Crippen LogP) is 0.586. The second-order valence-corrected chi connectivity index (χ2v) is 4.83. The van der Waals surface area contributed by atoms with Crippen LogP contribution in [0, 0.1) is 0 Å². The zero-order valence-electron chi connectivity index (χ0n) is 11.4. The van der Waals surface area contributed by atoms with E-state index in [-0.39, 0.29) is 18.6 Å². The molecule has 5 heteroatoms. The second kappa shape index (κ2) is 6.04. The number of esters is 1. The minimum Gasteiger partial charge on any atom is -0.465 e. The van der Waals surface area contributed by atoms with Crippen molar-refractivity contribution in [2.75, 3.05) is 45.3 Å². The molecule has 0 spiro atoms. The molecule has 1 fully saturated rings. The largest absolute Gasteiger partial charge is 0.465 e. The lowest BCUT2D eigenvalue weighted by molar-refractivity contribution is 0.0600. The Morgan fingerprint density at radius 1 is 1.37 bits per heavy atom. The van der Waals surface area contributed by atoms with Gasteiger partial charge in [0.1, 0.15) is 0 Å². The first kappa shape index (κ1) is 13.8. The third-order valence-corrected chi connectivity index (χ3v) is 3.52. The SMILES string of the molecule is COC(=O)c1ccc(N2CCN(C)CC2CO)cc1. The fraction of sp³-hybridized carbons (Fsp3) is 0.500. The standard InChI is InChI=1S/C14H20N2O3/c1-15-7-8-16(13(9-15)10-17)12-5-3-11(4-6-12)14(18)19-2/h3-6,13,17H,7-10H2,1-2H3. The van der Waals surface area contributed by atoms with Gasteiger partial charge >= 0.3 is 5.97 Å². The number of benzene rings is 1. The number of hydrogen-bond acceptors (Lipinski definition) is 5. The van der Waals surface area contributed by atoms with E-state index in [4.69, 9.17) is 0 Å². The van der Waals surface area contributed by atoms with E-state index in [1.807, 2.05) is 12.1 Å². The van der Waals surface area contributed by atoms with Gasteiger partial charge in [-0.3, -0.25) is 0 Å². The summed E-state index contributed by atoms with van der Waals surface area (Å²) < 4.78 is 4.68. The van der Waals surface area contributed by atoms with Gasteiger partial charge < -0.3 is 19.6 Å². The van der Waals surface area contributed by atoms with E-state index in [1.165, 1.54) is 7.11 Å². The highest BCUT2D eigenvalue weighted by atomic mass is 16.5. The summed E-state index contributed by atoms with van der Waals surface area (Å²) in [7, 11) is 3.43. The molecule has 1 aliphatic heterocycles. The number of carbonyl (C=O) groups excluding carboxylic acids is 1. The third kappa shape index (κ3) is 3.05. The van der Waals surface area contributed by atoms with E-state index in [9.17, 15) is 9.90 Å². The molecule has 2 rings (SSSR count). The van der Waals surface area contributed by atoms with Crippen molar-refractivity contribution in [1.82, 2.24) is 4.90 Å². The zero-order valence-corrected chi connectivity index (χ0v) is 11.4. The molecule has 1 heterocycles. The van der Waals surface area contributed by atoms with Crippen molar-refractivity contribution in [3.63, 3.8) is 0 Å². The maximum Gasteiger partial charge on any atom is 0.337 e. The van der Waals surface area contributed by atoms with Gasteiger partial charge in [0.25, 0.3) is 0 Å². The Morgan fingerprint density at radius 3 is 2.63 bits per heavy atom. The Balaban J connectivity index is 2.14. The van der Waals surface area contributed by atoms with E-state index in [1.54, 1.807) is 12.1 Å². The minimum atomic E-state index is -0.330. The van der Waals surface area contributed by atoms with Gasteiger partial charge in [-0.05, 0) is 31.3 Å². The molecule has 1 unspecified atom stereocenters. The van der Waals surface area contributed by atoms with Crippen molar-refractivity contribution in [3.05, 3.63) is 29.8 Å². The van der Waals surface area contributed by atoms with Gasteiger partial charge in [-0.1, -0.05) is 0 Å². The topological polar surface area (TPSA) is 53.0 Å². The highest BCUT2D eigenvalue weighted by molar-refractivity contribution is 5.89. The van der Waals surface area contributed by atoms with Gasteiger partial charge in [-0.2, -0.15) is 0 Å². The molecule has 0 aliphatic carbocycles. The number of hydrogen-bond donors (Lipinski definition) is 1. The first-order valence-corrected chi connectivity index (χ1v) is 6.40. The summed E-state index contributed by atoms with van der Waals surface area (Å²) in [6, 6.07) is 7.42. The molecule has 1 atom stereocenters. The summed E-state index contributed by atoms with van der Waals surface area (Å²) >= 11 is 0. The Kier molecular flexibility index (Phi) is 4.39. The van der Waals surface area contributed by atoms with E-state index in [0.29, 0.717) is 5.56 Å². The normalized spacial score (nSPS) is 20.4. The Hall–Kier alpha value is -1.59. The number of rotatable bonds is 3. The van der Waals surface area contributed by atoms with Crippen LogP contribution in [0.25, 0.3) is 0 Å². The maximum absolute atomic E-state index is 11.4. The summed E-state index contributed by atoms with van der Waals surface area (Å²) in [5.74, 6) is -0.330. The Morgan fingerprint density at radius 2 is 2.05 bits per heavy atom. The molecular weight excluding hydrogens is 244 g/mol. The van der Waals surface area contributed by atoms with Crippen LogP contribution in [0.2, 0.25) is 0 Å². The average molecular weight is 264 g/mol. The van der Waals surface area contributed by atoms with Gasteiger partial charge in [0.05, 0.1) is 25.3 Å². The summed E-state index contributed by atoms with van der Waals surface area (Å²) in [5.41, 5.74) is 1.57. The maximum atomic E-state index is 11.4. The van der Waals surface area contributed by atoms with Crippen molar-refractivity contribution in [2.24, 2.45) is 0 Å². The zero-order chi connectivity index (χ0) is 13.8. The lowest BCUT2D eigenvalue weighted by Crippen LogP contribution is -2.53. The van der Waals surface area contributed by atoms with Crippen LogP contribution in [-0.2, 0) is 4.74 Å². The third-order valence-electron chi connectivity index (χ3n) is 3.52. The fourth-order valence-electron chi connectivity index (χ4n) is 2.41. The quantitative estimate of drug-likeness (QED) is 0.810. The van der Waals surface area contributed by atoms with Gasteiger partial charge in [-0.25, -0.2) is 4.79 Å². The van der Waals surface area contributed by atoms with Crippen molar-refractivity contribution in [2.45, 2.75) is 6.04 Å². The molecule has 1 N–H and O–H groups in total. The molecule has 1 aromatic rings. The smallest absolute Gasteiger partial charge is 0.337 e. The summed E-state index contributed by atoms with van der Waals surface area (Å²) in [6.07, 6.45) is 0.